The molecule has 1 aromatic carbocycles. The summed E-state index contributed by atoms with van der Waals surface area (Å²) in [5.41, 5.74) is 6.41. The summed E-state index contributed by atoms with van der Waals surface area (Å²) in [6, 6.07) is 7.28. The zero-order valence-corrected chi connectivity index (χ0v) is 10.4. The number of aryl methyl sites for hydroxylation is 1. The van der Waals surface area contributed by atoms with Gasteiger partial charge in [-0.15, -0.1) is 5.10 Å². The number of aromatic nitrogens is 4. The quantitative estimate of drug-likeness (QED) is 0.765. The van der Waals surface area contributed by atoms with Crippen molar-refractivity contribution in [2.24, 2.45) is 12.8 Å². The maximum absolute atomic E-state index is 11.6. The fourth-order valence-corrected chi connectivity index (χ4v) is 1.45. The minimum absolute atomic E-state index is 0.142. The number of carbonyl (C=O) groups excluding carboxylic acids is 1. The molecule has 0 bridgehead atoms. The number of benzene rings is 1. The number of carbonyl (C=O) groups is 1. The molecule has 3 N–H and O–H groups in total. The van der Waals surface area contributed by atoms with Gasteiger partial charge in [-0.1, -0.05) is 23.3 Å². The maximum Gasteiger partial charge on any atom is 0.270 e. The van der Waals surface area contributed by atoms with Crippen LogP contribution < -0.4 is 15.8 Å². The summed E-state index contributed by atoms with van der Waals surface area (Å²) in [6.45, 7) is 0.207. The van der Waals surface area contributed by atoms with Crippen molar-refractivity contribution < 1.29 is 9.53 Å². The average molecular weight is 262 g/mol. The average Bonchev–Trinajstić information content (AvgIpc) is 2.82. The molecule has 0 aliphatic rings. The fraction of sp³-hybridized carbons (Fsp3) is 0.273. The Morgan fingerprint density at radius 3 is 2.95 bits per heavy atom. The van der Waals surface area contributed by atoms with Crippen LogP contribution in [0, 0.1) is 0 Å². The minimum Gasteiger partial charge on any atom is -0.483 e. The Balaban J connectivity index is 1.89. The standard InChI is InChI=1S/C11H14N6O2/c1-17-15-11(14-16-17)13-10(18)7-19-9-5-3-2-4-8(9)6-12/h2-5H,6-7,12H2,1H3,(H,13,15,18). The van der Waals surface area contributed by atoms with E-state index < -0.39 is 0 Å². The highest BCUT2D eigenvalue weighted by molar-refractivity contribution is 5.90. The number of nitrogens with one attached hydrogen (secondary N) is 1. The SMILES string of the molecule is Cn1nnc(NC(=O)COc2ccccc2CN)n1. The van der Waals surface area contributed by atoms with Crippen LogP contribution in [0.25, 0.3) is 0 Å². The first-order chi connectivity index (χ1) is 9.19. The molecule has 0 saturated heterocycles. The van der Waals surface area contributed by atoms with Crippen LogP contribution in [0.2, 0.25) is 0 Å². The number of ether oxygens (including phenoxy) is 1. The van der Waals surface area contributed by atoms with Crippen molar-refractivity contribution in [2.75, 3.05) is 11.9 Å². The number of hydrogen-bond acceptors (Lipinski definition) is 6. The normalized spacial score (nSPS) is 10.2. The first kappa shape index (κ1) is 13.0. The van der Waals surface area contributed by atoms with Crippen LogP contribution in [0.3, 0.4) is 0 Å². The Labute approximate surface area is 109 Å². The highest BCUT2D eigenvalue weighted by Crippen LogP contribution is 2.16. The van der Waals surface area contributed by atoms with E-state index in [0.717, 1.165) is 5.56 Å². The molecule has 0 saturated carbocycles. The molecule has 0 aliphatic heterocycles. The van der Waals surface area contributed by atoms with Gasteiger partial charge in [0.15, 0.2) is 6.61 Å². The monoisotopic (exact) mass is 262 g/mol. The molecule has 100 valence electrons. The maximum atomic E-state index is 11.6. The lowest BCUT2D eigenvalue weighted by Gasteiger charge is -2.09. The van der Waals surface area contributed by atoms with Crippen LogP contribution in [0.15, 0.2) is 24.3 Å². The van der Waals surface area contributed by atoms with Crippen molar-refractivity contribution in [3.8, 4) is 5.75 Å². The van der Waals surface area contributed by atoms with Crippen LogP contribution in [0.5, 0.6) is 5.75 Å². The lowest BCUT2D eigenvalue weighted by molar-refractivity contribution is -0.118. The molecule has 0 spiro atoms. The van der Waals surface area contributed by atoms with Gasteiger partial charge in [-0.05, 0) is 11.3 Å². The number of hydrogen-bond donors (Lipinski definition) is 2. The molecule has 1 amide bonds. The van der Waals surface area contributed by atoms with E-state index in [2.05, 4.69) is 20.7 Å². The molecule has 8 heteroatoms. The summed E-state index contributed by atoms with van der Waals surface area (Å²) < 4.78 is 5.39. The first-order valence-corrected chi connectivity index (χ1v) is 5.63. The summed E-state index contributed by atoms with van der Waals surface area (Å²) >= 11 is 0. The smallest absolute Gasteiger partial charge is 0.270 e. The van der Waals surface area contributed by atoms with Gasteiger partial charge in [-0.25, -0.2) is 0 Å². The Morgan fingerprint density at radius 2 is 2.26 bits per heavy atom. The Kier molecular flexibility index (Phi) is 4.04. The van der Waals surface area contributed by atoms with Crippen molar-refractivity contribution in [2.45, 2.75) is 6.54 Å². The van der Waals surface area contributed by atoms with Gasteiger partial charge < -0.3 is 10.5 Å². The molecule has 1 heterocycles. The molecule has 0 fully saturated rings. The molecule has 19 heavy (non-hydrogen) atoms. The third-order valence-electron chi connectivity index (χ3n) is 2.31. The van der Waals surface area contributed by atoms with E-state index in [0.29, 0.717) is 12.3 Å². The molecular weight excluding hydrogens is 248 g/mol. The highest BCUT2D eigenvalue weighted by Gasteiger charge is 2.08. The summed E-state index contributed by atoms with van der Waals surface area (Å²) in [7, 11) is 1.61. The second kappa shape index (κ2) is 5.91. The van der Waals surface area contributed by atoms with E-state index in [1.54, 1.807) is 13.1 Å². The van der Waals surface area contributed by atoms with E-state index in [-0.39, 0.29) is 18.5 Å². The van der Waals surface area contributed by atoms with E-state index >= 15 is 0 Å². The van der Waals surface area contributed by atoms with Crippen LogP contribution >= 0.6 is 0 Å². The summed E-state index contributed by atoms with van der Waals surface area (Å²) in [4.78, 5) is 12.9. The molecule has 0 atom stereocenters. The van der Waals surface area contributed by atoms with Crippen molar-refractivity contribution in [1.29, 1.82) is 0 Å². The Hall–Kier alpha value is -2.48. The number of nitrogens with two attached hydrogens (primary N) is 1. The number of para-hydroxylation sites is 1. The fourth-order valence-electron chi connectivity index (χ4n) is 1.45. The molecule has 8 nitrogen and oxygen atoms in total. The topological polar surface area (TPSA) is 108 Å². The molecule has 2 rings (SSSR count). The van der Waals surface area contributed by atoms with Crippen LogP contribution in [-0.2, 0) is 18.4 Å². The first-order valence-electron chi connectivity index (χ1n) is 5.63. The van der Waals surface area contributed by atoms with Crippen LogP contribution in [0.4, 0.5) is 5.95 Å². The summed E-state index contributed by atoms with van der Waals surface area (Å²) in [5.74, 6) is 0.371. The number of tetrazole rings is 1. The second-order valence-corrected chi connectivity index (χ2v) is 3.75. The zero-order chi connectivity index (χ0) is 13.7. The second-order valence-electron chi connectivity index (χ2n) is 3.75. The molecular formula is C11H14N6O2. The van der Waals surface area contributed by atoms with Gasteiger partial charge >= 0.3 is 0 Å². The van der Waals surface area contributed by atoms with Crippen molar-refractivity contribution in [1.82, 2.24) is 20.2 Å². The van der Waals surface area contributed by atoms with Crippen molar-refractivity contribution in [3.05, 3.63) is 29.8 Å². The Morgan fingerprint density at radius 1 is 1.47 bits per heavy atom. The molecule has 1 aromatic heterocycles. The Bertz CT molecular complexity index is 568. The molecule has 0 aliphatic carbocycles. The van der Waals surface area contributed by atoms with Gasteiger partial charge in [0.2, 0.25) is 0 Å². The van der Waals surface area contributed by atoms with Gasteiger partial charge in [0.05, 0.1) is 7.05 Å². The van der Waals surface area contributed by atoms with Crippen molar-refractivity contribution in [3.63, 3.8) is 0 Å². The van der Waals surface area contributed by atoms with Crippen LogP contribution in [0.1, 0.15) is 5.56 Å². The van der Waals surface area contributed by atoms with E-state index in [1.165, 1.54) is 4.80 Å². The number of anilines is 1. The summed E-state index contributed by atoms with van der Waals surface area (Å²) in [6.07, 6.45) is 0. The van der Waals surface area contributed by atoms with Gasteiger partial charge in [0, 0.05) is 12.1 Å². The van der Waals surface area contributed by atoms with Gasteiger partial charge in [-0.2, -0.15) is 4.80 Å². The third kappa shape index (κ3) is 3.49. The van der Waals surface area contributed by atoms with Crippen molar-refractivity contribution >= 4 is 11.9 Å². The van der Waals surface area contributed by atoms with Crippen LogP contribution in [-0.4, -0.2) is 32.7 Å². The number of rotatable bonds is 5. The largest absolute Gasteiger partial charge is 0.483 e. The summed E-state index contributed by atoms with van der Waals surface area (Å²) in [5, 5.41) is 13.5. The minimum atomic E-state index is -0.361. The van der Waals surface area contributed by atoms with Gasteiger partial charge in [0.25, 0.3) is 11.9 Å². The lowest BCUT2D eigenvalue weighted by atomic mass is 10.2. The van der Waals surface area contributed by atoms with E-state index in [9.17, 15) is 4.79 Å². The molecule has 2 aromatic rings. The molecule has 0 radical (unpaired) electrons. The predicted molar refractivity (Wildman–Crippen MR) is 67.3 cm³/mol. The van der Waals surface area contributed by atoms with E-state index in [1.807, 2.05) is 18.2 Å². The number of nitrogens with zero attached hydrogens (tertiary/aromatic N) is 4. The lowest BCUT2D eigenvalue weighted by Crippen LogP contribution is -2.21. The van der Waals surface area contributed by atoms with Gasteiger partial charge in [0.1, 0.15) is 5.75 Å². The number of amides is 1. The molecule has 0 unspecified atom stereocenters. The zero-order valence-electron chi connectivity index (χ0n) is 10.4. The predicted octanol–water partition coefficient (Wildman–Crippen LogP) is -0.314. The third-order valence-corrected chi connectivity index (χ3v) is 2.31. The van der Waals surface area contributed by atoms with Gasteiger partial charge in [-0.3, -0.25) is 10.1 Å². The van der Waals surface area contributed by atoms with E-state index in [4.69, 9.17) is 10.5 Å². The highest BCUT2D eigenvalue weighted by atomic mass is 16.5.